The molecule has 2 rings (SSSR count). The summed E-state index contributed by atoms with van der Waals surface area (Å²) in [5.41, 5.74) is 4.77. The molecule has 2 heteroatoms. The lowest BCUT2D eigenvalue weighted by Gasteiger charge is -2.13. The van der Waals surface area contributed by atoms with E-state index in [0.717, 1.165) is 11.3 Å². The summed E-state index contributed by atoms with van der Waals surface area (Å²) in [4.78, 5) is 12.9. The molecule has 1 unspecified atom stereocenters. The molecule has 1 aliphatic heterocycles. The Morgan fingerprint density at radius 3 is 2.73 bits per heavy atom. The highest BCUT2D eigenvalue weighted by Gasteiger charge is 2.25. The fourth-order valence-electron chi connectivity index (χ4n) is 2.36. The molecule has 0 spiro atoms. The smallest absolute Gasteiger partial charge is 0.160 e. The van der Waals surface area contributed by atoms with E-state index in [0.29, 0.717) is 5.92 Å². The first-order chi connectivity index (χ1) is 7.02. The molecule has 0 saturated heterocycles. The van der Waals surface area contributed by atoms with E-state index in [9.17, 15) is 4.79 Å². The first-order valence-electron chi connectivity index (χ1n) is 5.30. The minimum atomic E-state index is 0.183. The molecule has 0 fully saturated rings. The Balaban J connectivity index is 2.71. The van der Waals surface area contributed by atoms with Gasteiger partial charge < -0.3 is 0 Å². The molecule has 0 bridgehead atoms. The Morgan fingerprint density at radius 2 is 2.13 bits per heavy atom. The summed E-state index contributed by atoms with van der Waals surface area (Å²) in [7, 11) is 0. The number of rotatable bonds is 1. The van der Waals surface area contributed by atoms with Crippen LogP contribution in [-0.4, -0.2) is 11.5 Å². The van der Waals surface area contributed by atoms with Crippen LogP contribution >= 0.6 is 11.8 Å². The van der Waals surface area contributed by atoms with Crippen molar-refractivity contribution in [2.45, 2.75) is 38.5 Å². The number of carbonyl (C=O) groups is 1. The van der Waals surface area contributed by atoms with Crippen LogP contribution in [-0.2, 0) is 0 Å². The van der Waals surface area contributed by atoms with Crippen molar-refractivity contribution in [1.82, 2.24) is 0 Å². The van der Waals surface area contributed by atoms with Crippen molar-refractivity contribution in [3.05, 3.63) is 28.3 Å². The van der Waals surface area contributed by atoms with Crippen molar-refractivity contribution >= 4 is 17.5 Å². The molecular formula is C13H16OS. The van der Waals surface area contributed by atoms with Crippen LogP contribution in [0.1, 0.15) is 46.8 Å². The number of ketones is 1. The Bertz CT molecular complexity index is 435. The third-order valence-electron chi connectivity index (χ3n) is 3.12. The lowest BCUT2D eigenvalue weighted by molar-refractivity contribution is 0.101. The van der Waals surface area contributed by atoms with E-state index in [-0.39, 0.29) is 5.78 Å². The van der Waals surface area contributed by atoms with Gasteiger partial charge in [0.15, 0.2) is 5.78 Å². The van der Waals surface area contributed by atoms with Crippen LogP contribution in [0, 0.1) is 13.8 Å². The minimum absolute atomic E-state index is 0.183. The minimum Gasteiger partial charge on any atom is -0.295 e. The van der Waals surface area contributed by atoms with Gasteiger partial charge >= 0.3 is 0 Å². The van der Waals surface area contributed by atoms with E-state index in [1.807, 2.05) is 17.8 Å². The molecule has 80 valence electrons. The van der Waals surface area contributed by atoms with Crippen LogP contribution in [0.15, 0.2) is 11.0 Å². The van der Waals surface area contributed by atoms with Gasteiger partial charge in [0.05, 0.1) is 0 Å². The lowest BCUT2D eigenvalue weighted by Crippen LogP contribution is -2.03. The summed E-state index contributed by atoms with van der Waals surface area (Å²) in [6.45, 7) is 8.09. The number of carbonyl (C=O) groups excluding carboxylic acids is 1. The predicted octanol–water partition coefficient (Wildman–Crippen LogP) is 3.72. The van der Waals surface area contributed by atoms with Crippen molar-refractivity contribution in [3.8, 4) is 0 Å². The van der Waals surface area contributed by atoms with Gasteiger partial charge in [-0.25, -0.2) is 0 Å². The topological polar surface area (TPSA) is 17.1 Å². The van der Waals surface area contributed by atoms with Crippen molar-refractivity contribution < 1.29 is 4.79 Å². The zero-order chi connectivity index (χ0) is 11.2. The SMILES string of the molecule is CC(=O)c1cc(C)c2c(c1C)C(C)CS2. The molecule has 1 atom stereocenters. The molecule has 1 aromatic carbocycles. The van der Waals surface area contributed by atoms with E-state index in [1.54, 1.807) is 6.92 Å². The number of hydrogen-bond acceptors (Lipinski definition) is 2. The van der Waals surface area contributed by atoms with E-state index < -0.39 is 0 Å². The maximum absolute atomic E-state index is 11.5. The van der Waals surface area contributed by atoms with Crippen LogP contribution in [0.5, 0.6) is 0 Å². The van der Waals surface area contributed by atoms with Crippen LogP contribution in [0.3, 0.4) is 0 Å². The molecule has 1 nitrogen and oxygen atoms in total. The Hall–Kier alpha value is -0.760. The van der Waals surface area contributed by atoms with E-state index >= 15 is 0 Å². The fourth-order valence-corrected chi connectivity index (χ4v) is 3.74. The number of fused-ring (bicyclic) bond motifs is 1. The summed E-state index contributed by atoms with van der Waals surface area (Å²) >= 11 is 1.93. The summed E-state index contributed by atoms with van der Waals surface area (Å²) < 4.78 is 0. The number of hydrogen-bond donors (Lipinski definition) is 0. The number of aryl methyl sites for hydroxylation is 1. The summed E-state index contributed by atoms with van der Waals surface area (Å²) in [6.07, 6.45) is 0. The van der Waals surface area contributed by atoms with Crippen LogP contribution < -0.4 is 0 Å². The zero-order valence-electron chi connectivity index (χ0n) is 9.68. The normalized spacial score (nSPS) is 19.1. The standard InChI is InChI=1S/C13H16OS/c1-7-5-11(10(4)14)9(3)12-8(2)6-15-13(7)12/h5,8H,6H2,1-4H3. The second-order valence-corrected chi connectivity index (χ2v) is 5.41. The van der Waals surface area contributed by atoms with Gasteiger partial charge in [0, 0.05) is 16.2 Å². The van der Waals surface area contributed by atoms with Crippen molar-refractivity contribution in [1.29, 1.82) is 0 Å². The maximum Gasteiger partial charge on any atom is 0.160 e. The van der Waals surface area contributed by atoms with Gasteiger partial charge in [-0.05, 0) is 49.4 Å². The van der Waals surface area contributed by atoms with E-state index in [1.165, 1.54) is 21.6 Å². The summed E-state index contributed by atoms with van der Waals surface area (Å²) in [5.74, 6) is 1.92. The average Bonchev–Trinajstić information content (AvgIpc) is 2.54. The number of benzene rings is 1. The Labute approximate surface area is 95.3 Å². The molecular weight excluding hydrogens is 204 g/mol. The molecule has 1 aliphatic rings. The van der Waals surface area contributed by atoms with Crippen LogP contribution in [0.4, 0.5) is 0 Å². The van der Waals surface area contributed by atoms with Gasteiger partial charge in [0.1, 0.15) is 0 Å². The van der Waals surface area contributed by atoms with Crippen molar-refractivity contribution in [2.75, 3.05) is 5.75 Å². The second kappa shape index (κ2) is 3.67. The second-order valence-electron chi connectivity index (χ2n) is 4.38. The summed E-state index contributed by atoms with van der Waals surface area (Å²) in [5, 5.41) is 0. The molecule has 0 amide bonds. The maximum atomic E-state index is 11.5. The predicted molar refractivity (Wildman–Crippen MR) is 65.1 cm³/mol. The molecule has 0 aromatic heterocycles. The average molecular weight is 220 g/mol. The van der Waals surface area contributed by atoms with E-state index in [2.05, 4.69) is 20.8 Å². The van der Waals surface area contributed by atoms with Crippen LogP contribution in [0.25, 0.3) is 0 Å². The number of thioether (sulfide) groups is 1. The monoisotopic (exact) mass is 220 g/mol. The molecule has 15 heavy (non-hydrogen) atoms. The highest BCUT2D eigenvalue weighted by Crippen LogP contribution is 2.44. The van der Waals surface area contributed by atoms with Gasteiger partial charge in [-0.15, -0.1) is 11.8 Å². The third-order valence-corrected chi connectivity index (χ3v) is 4.62. The highest BCUT2D eigenvalue weighted by atomic mass is 32.2. The fraction of sp³-hybridized carbons (Fsp3) is 0.462. The molecule has 0 saturated carbocycles. The first kappa shape index (κ1) is 10.7. The van der Waals surface area contributed by atoms with Gasteiger partial charge in [-0.2, -0.15) is 0 Å². The van der Waals surface area contributed by atoms with Gasteiger partial charge in [-0.1, -0.05) is 6.92 Å². The van der Waals surface area contributed by atoms with Gasteiger partial charge in [0.25, 0.3) is 0 Å². The quantitative estimate of drug-likeness (QED) is 0.671. The molecule has 1 aromatic rings. The van der Waals surface area contributed by atoms with E-state index in [4.69, 9.17) is 0 Å². The Morgan fingerprint density at radius 1 is 1.47 bits per heavy atom. The Kier molecular flexibility index (Phi) is 2.63. The molecule has 0 aliphatic carbocycles. The summed E-state index contributed by atoms with van der Waals surface area (Å²) in [6, 6.07) is 2.04. The third kappa shape index (κ3) is 1.61. The van der Waals surface area contributed by atoms with Gasteiger partial charge in [0.2, 0.25) is 0 Å². The van der Waals surface area contributed by atoms with Gasteiger partial charge in [-0.3, -0.25) is 4.79 Å². The first-order valence-corrected chi connectivity index (χ1v) is 6.28. The lowest BCUT2D eigenvalue weighted by atomic mass is 9.91. The largest absolute Gasteiger partial charge is 0.295 e. The highest BCUT2D eigenvalue weighted by molar-refractivity contribution is 7.99. The number of Topliss-reactive ketones (excluding diaryl/α,β-unsaturated/α-hetero) is 1. The molecule has 1 heterocycles. The molecule has 0 radical (unpaired) electrons. The zero-order valence-corrected chi connectivity index (χ0v) is 10.5. The van der Waals surface area contributed by atoms with Crippen LogP contribution in [0.2, 0.25) is 0 Å². The van der Waals surface area contributed by atoms with Crippen molar-refractivity contribution in [2.24, 2.45) is 0 Å². The molecule has 0 N–H and O–H groups in total. The van der Waals surface area contributed by atoms with Crippen molar-refractivity contribution in [3.63, 3.8) is 0 Å².